The van der Waals surface area contributed by atoms with Gasteiger partial charge in [-0.05, 0) is 37.4 Å². The Morgan fingerprint density at radius 1 is 1.26 bits per heavy atom. The van der Waals surface area contributed by atoms with Gasteiger partial charge in [0.05, 0.1) is 12.2 Å². The highest BCUT2D eigenvalue weighted by Gasteiger charge is 2.28. The SMILES string of the molecule is CCNCC1CCC(CN2CCc3ccccc32)O1. The molecule has 0 aliphatic carbocycles. The second-order valence-corrected chi connectivity index (χ2v) is 5.59. The quantitative estimate of drug-likeness (QED) is 0.878. The first kappa shape index (κ1) is 12.9. The standard InChI is InChI=1S/C16H24N2O/c1-2-17-11-14-7-8-15(19-14)12-18-10-9-13-5-3-4-6-16(13)18/h3-6,14-15,17H,2,7-12H2,1H3. The maximum Gasteiger partial charge on any atom is 0.0755 e. The average molecular weight is 260 g/mol. The number of fused-ring (bicyclic) bond motifs is 1. The maximum atomic E-state index is 6.14. The summed E-state index contributed by atoms with van der Waals surface area (Å²) < 4.78 is 6.14. The highest BCUT2D eigenvalue weighted by Crippen LogP contribution is 2.29. The normalized spacial score (nSPS) is 25.8. The Balaban J connectivity index is 1.53. The number of likely N-dealkylation sites (N-methyl/N-ethyl adjacent to an activating group) is 1. The summed E-state index contributed by atoms with van der Waals surface area (Å²) in [5.74, 6) is 0. The molecule has 1 aromatic rings. The van der Waals surface area contributed by atoms with E-state index in [9.17, 15) is 0 Å². The lowest BCUT2D eigenvalue weighted by molar-refractivity contribution is 0.0499. The lowest BCUT2D eigenvalue weighted by Crippen LogP contribution is -2.33. The molecule has 0 aromatic heterocycles. The molecule has 19 heavy (non-hydrogen) atoms. The van der Waals surface area contributed by atoms with Gasteiger partial charge in [-0.25, -0.2) is 0 Å². The molecule has 0 spiro atoms. The molecule has 3 rings (SSSR count). The number of hydrogen-bond acceptors (Lipinski definition) is 3. The zero-order chi connectivity index (χ0) is 13.1. The minimum Gasteiger partial charge on any atom is -0.372 e. The van der Waals surface area contributed by atoms with E-state index in [1.54, 1.807) is 0 Å². The fourth-order valence-corrected chi connectivity index (χ4v) is 3.21. The molecular formula is C16H24N2O. The van der Waals surface area contributed by atoms with Crippen molar-refractivity contribution in [3.8, 4) is 0 Å². The fourth-order valence-electron chi connectivity index (χ4n) is 3.21. The first-order valence-corrected chi connectivity index (χ1v) is 7.56. The molecule has 3 nitrogen and oxygen atoms in total. The number of ether oxygens (including phenoxy) is 1. The highest BCUT2D eigenvalue weighted by atomic mass is 16.5. The van der Waals surface area contributed by atoms with Gasteiger partial charge in [0.15, 0.2) is 0 Å². The second-order valence-electron chi connectivity index (χ2n) is 5.59. The van der Waals surface area contributed by atoms with Crippen LogP contribution in [0.5, 0.6) is 0 Å². The monoisotopic (exact) mass is 260 g/mol. The molecule has 0 saturated carbocycles. The summed E-state index contributed by atoms with van der Waals surface area (Å²) in [7, 11) is 0. The number of para-hydroxylation sites is 1. The van der Waals surface area contributed by atoms with E-state index in [-0.39, 0.29) is 0 Å². The molecular weight excluding hydrogens is 236 g/mol. The smallest absolute Gasteiger partial charge is 0.0755 e. The summed E-state index contributed by atoms with van der Waals surface area (Å²) in [4.78, 5) is 2.50. The van der Waals surface area contributed by atoms with E-state index in [4.69, 9.17) is 4.74 Å². The van der Waals surface area contributed by atoms with Gasteiger partial charge < -0.3 is 15.0 Å². The van der Waals surface area contributed by atoms with Crippen LogP contribution in [0, 0.1) is 0 Å². The summed E-state index contributed by atoms with van der Waals surface area (Å²) in [5.41, 5.74) is 2.91. The van der Waals surface area contributed by atoms with Gasteiger partial charge in [0, 0.05) is 25.3 Å². The fraction of sp³-hybridized carbons (Fsp3) is 0.625. The van der Waals surface area contributed by atoms with E-state index in [2.05, 4.69) is 41.4 Å². The van der Waals surface area contributed by atoms with E-state index in [1.165, 1.54) is 30.5 Å². The van der Waals surface area contributed by atoms with Gasteiger partial charge in [0.25, 0.3) is 0 Å². The van der Waals surface area contributed by atoms with Gasteiger partial charge in [0.1, 0.15) is 0 Å². The van der Waals surface area contributed by atoms with E-state index in [1.807, 2.05) is 0 Å². The van der Waals surface area contributed by atoms with E-state index < -0.39 is 0 Å². The van der Waals surface area contributed by atoms with E-state index >= 15 is 0 Å². The van der Waals surface area contributed by atoms with Crippen molar-refractivity contribution >= 4 is 5.69 Å². The third-order valence-electron chi connectivity index (χ3n) is 4.22. The van der Waals surface area contributed by atoms with Crippen LogP contribution >= 0.6 is 0 Å². The van der Waals surface area contributed by atoms with Crippen molar-refractivity contribution in [3.63, 3.8) is 0 Å². The van der Waals surface area contributed by atoms with E-state index in [0.29, 0.717) is 12.2 Å². The maximum absolute atomic E-state index is 6.14. The van der Waals surface area contributed by atoms with Crippen LogP contribution in [0.15, 0.2) is 24.3 Å². The van der Waals surface area contributed by atoms with Crippen molar-refractivity contribution in [1.29, 1.82) is 0 Å². The Labute approximate surface area is 115 Å². The van der Waals surface area contributed by atoms with Crippen LogP contribution in [0.4, 0.5) is 5.69 Å². The van der Waals surface area contributed by atoms with Crippen molar-refractivity contribution in [3.05, 3.63) is 29.8 Å². The molecule has 2 unspecified atom stereocenters. The molecule has 1 saturated heterocycles. The highest BCUT2D eigenvalue weighted by molar-refractivity contribution is 5.57. The molecule has 2 atom stereocenters. The lowest BCUT2D eigenvalue weighted by atomic mass is 10.1. The van der Waals surface area contributed by atoms with Gasteiger partial charge in [-0.3, -0.25) is 0 Å². The minimum atomic E-state index is 0.412. The predicted molar refractivity (Wildman–Crippen MR) is 78.8 cm³/mol. The average Bonchev–Trinajstić information content (AvgIpc) is 3.05. The third kappa shape index (κ3) is 2.93. The molecule has 2 aliphatic rings. The number of nitrogens with one attached hydrogen (secondary N) is 1. The summed E-state index contributed by atoms with van der Waals surface area (Å²) in [6, 6.07) is 8.77. The zero-order valence-corrected chi connectivity index (χ0v) is 11.8. The largest absolute Gasteiger partial charge is 0.372 e. The van der Waals surface area contributed by atoms with Crippen LogP contribution in [-0.4, -0.2) is 38.4 Å². The van der Waals surface area contributed by atoms with Crippen LogP contribution in [0.25, 0.3) is 0 Å². The number of benzene rings is 1. The Morgan fingerprint density at radius 3 is 3.00 bits per heavy atom. The molecule has 2 aliphatic heterocycles. The Morgan fingerprint density at radius 2 is 2.11 bits per heavy atom. The zero-order valence-electron chi connectivity index (χ0n) is 11.8. The van der Waals surface area contributed by atoms with Crippen molar-refractivity contribution in [2.75, 3.05) is 31.1 Å². The van der Waals surface area contributed by atoms with Crippen molar-refractivity contribution in [1.82, 2.24) is 5.32 Å². The van der Waals surface area contributed by atoms with Gasteiger partial charge in [-0.2, -0.15) is 0 Å². The van der Waals surface area contributed by atoms with Crippen LogP contribution in [0.1, 0.15) is 25.3 Å². The lowest BCUT2D eigenvalue weighted by Gasteiger charge is -2.23. The van der Waals surface area contributed by atoms with Crippen LogP contribution in [0.2, 0.25) is 0 Å². The predicted octanol–water partition coefficient (Wildman–Crippen LogP) is 2.21. The number of anilines is 1. The molecule has 1 fully saturated rings. The second kappa shape index (κ2) is 5.93. The molecule has 1 aromatic carbocycles. The summed E-state index contributed by atoms with van der Waals surface area (Å²) in [5, 5.41) is 3.38. The number of nitrogens with zero attached hydrogens (tertiary/aromatic N) is 1. The van der Waals surface area contributed by atoms with Crippen LogP contribution in [-0.2, 0) is 11.2 Å². The molecule has 0 amide bonds. The van der Waals surface area contributed by atoms with Crippen LogP contribution < -0.4 is 10.2 Å². The van der Waals surface area contributed by atoms with Gasteiger partial charge >= 0.3 is 0 Å². The molecule has 3 heteroatoms. The Hall–Kier alpha value is -1.06. The van der Waals surface area contributed by atoms with E-state index in [0.717, 1.165) is 26.2 Å². The van der Waals surface area contributed by atoms with Gasteiger partial charge in [-0.15, -0.1) is 0 Å². The van der Waals surface area contributed by atoms with Gasteiger partial charge in [0.2, 0.25) is 0 Å². The topological polar surface area (TPSA) is 24.5 Å². The summed E-state index contributed by atoms with van der Waals surface area (Å²) in [6.07, 6.45) is 4.42. The third-order valence-corrected chi connectivity index (χ3v) is 4.22. The summed E-state index contributed by atoms with van der Waals surface area (Å²) in [6.45, 7) is 6.39. The Kier molecular flexibility index (Phi) is 4.04. The summed E-state index contributed by atoms with van der Waals surface area (Å²) >= 11 is 0. The Bertz CT molecular complexity index is 421. The van der Waals surface area contributed by atoms with Crippen molar-refractivity contribution in [2.24, 2.45) is 0 Å². The first-order valence-electron chi connectivity index (χ1n) is 7.56. The molecule has 2 heterocycles. The van der Waals surface area contributed by atoms with Crippen molar-refractivity contribution < 1.29 is 4.74 Å². The molecule has 1 N–H and O–H groups in total. The number of rotatable bonds is 5. The molecule has 104 valence electrons. The first-order chi connectivity index (χ1) is 9.36. The van der Waals surface area contributed by atoms with Crippen molar-refractivity contribution in [2.45, 2.75) is 38.4 Å². The van der Waals surface area contributed by atoms with Crippen LogP contribution in [0.3, 0.4) is 0 Å². The minimum absolute atomic E-state index is 0.412. The molecule has 0 bridgehead atoms. The molecule has 0 radical (unpaired) electrons. The van der Waals surface area contributed by atoms with Gasteiger partial charge in [-0.1, -0.05) is 25.1 Å². The number of hydrogen-bond donors (Lipinski definition) is 1.